The highest BCUT2D eigenvalue weighted by Crippen LogP contribution is 2.44. The van der Waals surface area contributed by atoms with E-state index in [1.54, 1.807) is 0 Å². The van der Waals surface area contributed by atoms with E-state index in [9.17, 15) is 0 Å². The second-order valence-electron chi connectivity index (χ2n) is 16.0. The van der Waals surface area contributed by atoms with Crippen molar-refractivity contribution in [3.8, 4) is 0 Å². The van der Waals surface area contributed by atoms with E-state index >= 15 is 0 Å². The molecule has 0 rings (SSSR count). The lowest BCUT2D eigenvalue weighted by atomic mass is 8.79. The van der Waals surface area contributed by atoms with Crippen molar-refractivity contribution in [1.82, 2.24) is 0 Å². The van der Waals surface area contributed by atoms with E-state index in [2.05, 4.69) is 39.3 Å². The van der Waals surface area contributed by atoms with Crippen LogP contribution < -0.4 is 0 Å². The van der Waals surface area contributed by atoms with Crippen LogP contribution in [-0.2, 0) is 8.23 Å². The quantitative estimate of drug-likeness (QED) is 0.0856. The first-order valence-electron chi connectivity index (χ1n) is 17.2. The predicted octanol–water partition coefficient (Wildman–Crippen LogP) is -6.14. The Labute approximate surface area is 342 Å². The molecule has 3 unspecified atom stereocenters. The van der Waals surface area contributed by atoms with E-state index in [0.29, 0.717) is 17.8 Å². The van der Waals surface area contributed by atoms with Crippen molar-refractivity contribution in [2.45, 2.75) is 86.2 Å². The highest BCUT2D eigenvalue weighted by molar-refractivity contribution is 7.65. The summed E-state index contributed by atoms with van der Waals surface area (Å²) in [6.07, 6.45) is 0. The molecule has 0 amide bonds. The molecule has 0 aromatic carbocycles. The highest BCUT2D eigenvalue weighted by Gasteiger charge is 2.57. The molecule has 0 saturated heterocycles. The molecule has 0 aromatic heterocycles. The molecule has 0 spiro atoms. The zero-order valence-electron chi connectivity index (χ0n) is 31.9. The Hall–Kier alpha value is 2.74. The van der Waals surface area contributed by atoms with E-state index in [4.69, 9.17) is 124 Å². The van der Waals surface area contributed by atoms with E-state index in [1.807, 2.05) is 34.6 Å². The van der Waals surface area contributed by atoms with E-state index < -0.39 is 108 Å². The zero-order valence-corrected chi connectivity index (χ0v) is 35.9. The van der Waals surface area contributed by atoms with Crippen LogP contribution in [0.2, 0.25) is 86.2 Å². The Kier molecular flexibility index (Phi) is 23.9. The molecule has 0 aliphatic carbocycles. The monoisotopic (exact) mass is 674 g/mol. The van der Waals surface area contributed by atoms with Gasteiger partial charge in [0.2, 0.25) is 0 Å². The van der Waals surface area contributed by atoms with Crippen molar-refractivity contribution in [2.75, 3.05) is 0 Å². The summed E-state index contributed by atoms with van der Waals surface area (Å²) < 4.78 is 12.9. The van der Waals surface area contributed by atoms with Crippen LogP contribution in [0.25, 0.3) is 0 Å². The van der Waals surface area contributed by atoms with Gasteiger partial charge in [0.1, 0.15) is 0 Å². The van der Waals surface area contributed by atoms with Crippen molar-refractivity contribution < 1.29 is 8.23 Å². The third kappa shape index (κ3) is 15.6. The average molecular weight is 669 g/mol. The molecule has 0 aromatic rings. The maximum Gasteiger partial charge on any atom is 0.165 e. The van der Waals surface area contributed by atoms with Gasteiger partial charge in [-0.2, -0.15) is 0 Å². The largest absolute Gasteiger partial charge is 0.457 e. The number of hydrogen-bond acceptors (Lipinski definition) is 2. The van der Waals surface area contributed by atoms with E-state index in [0.717, 1.165) is 0 Å². The summed E-state index contributed by atoms with van der Waals surface area (Å²) in [5, 5.41) is 0. The summed E-state index contributed by atoms with van der Waals surface area (Å²) in [4.78, 5) is 0. The maximum atomic E-state index is 7.08. The molecular weight excluding hydrogens is 637 g/mol. The van der Waals surface area contributed by atoms with Gasteiger partial charge in [-0.25, -0.2) is 0 Å². The maximum absolute atomic E-state index is 7.08. The fourth-order valence-electron chi connectivity index (χ4n) is 7.24. The van der Waals surface area contributed by atoms with Gasteiger partial charge >= 0.3 is 0 Å². The summed E-state index contributed by atoms with van der Waals surface area (Å²) in [6.45, 7) is 10.8. The SMILES string of the molecule is [B][B]B([B])C(B([B])[B])B([B])[B]C[Si](C)(C)O[Si](C)(C)C[B]B([B])C(B([B])[B])(B([B])[B][B])[Si](C)(C)O[Si](C)(C)C[B]B([B])C(B([B])[B])B([B])[B][B]. The Morgan fingerprint density at radius 3 is 1.12 bits per heavy atom. The van der Waals surface area contributed by atoms with Crippen LogP contribution in [0, 0.1) is 0 Å². The fraction of sp³-hybridized carbons (Fsp3) is 1.00. The van der Waals surface area contributed by atoms with Crippen LogP contribution in [0.4, 0.5) is 0 Å². The lowest BCUT2D eigenvalue weighted by Crippen LogP contribution is -2.74. The second-order valence-corrected chi connectivity index (χ2v) is 33.3. The standard InChI is InChI=1S/C14H32B30O2Si4/c1-47(2,9-30-38(22)12(36(18)19)40(24)33-15)45-48(3,4)11-32-43(28)14(42(26)27,44(29)35-17)50(7,8)46-49(5,6)10-31-39(23)13(37(20)21)41(25)34-16/h12-13H,9-11H2,1-8H3. The summed E-state index contributed by atoms with van der Waals surface area (Å²) in [5.74, 6) is 1.81. The molecule has 3 atom stereocenters. The molecule has 36 radical (unpaired) electrons. The zero-order chi connectivity index (χ0) is 39.6. The molecule has 0 bridgehead atoms. The van der Waals surface area contributed by atoms with Crippen molar-refractivity contribution in [3.05, 3.63) is 0 Å². The normalized spacial score (nSPS) is 14.4. The van der Waals surface area contributed by atoms with Crippen molar-refractivity contribution in [3.63, 3.8) is 0 Å². The van der Waals surface area contributed by atoms with Gasteiger partial charge in [0.05, 0.1) is 21.5 Å². The molecular formula is C14H32B30O2Si4. The molecule has 0 heterocycles. The van der Waals surface area contributed by atoms with Gasteiger partial charge in [-0.15, -0.1) is 16.0 Å². The average Bonchev–Trinajstić information content (AvgIpc) is 2.96. The first-order chi connectivity index (χ1) is 22.6. The first kappa shape index (κ1) is 52.7. The minimum absolute atomic E-state index is 0.412. The van der Waals surface area contributed by atoms with Crippen LogP contribution in [0.3, 0.4) is 0 Å². The topological polar surface area (TPSA) is 18.5 Å². The fourth-order valence-corrected chi connectivity index (χ4v) is 25.6. The van der Waals surface area contributed by atoms with Crippen LogP contribution in [-0.4, -0.2) is 250 Å². The number of hydrogen-bond donors (Lipinski definition) is 0. The van der Waals surface area contributed by atoms with Gasteiger partial charge < -0.3 is 8.23 Å². The summed E-state index contributed by atoms with van der Waals surface area (Å²) >= 11 is 0. The van der Waals surface area contributed by atoms with Gasteiger partial charge in [-0.1, -0.05) is 17.8 Å². The molecule has 0 saturated carbocycles. The first-order valence-corrected chi connectivity index (χ1v) is 29.5. The molecule has 2 nitrogen and oxygen atoms in total. The minimum atomic E-state index is -3.00. The van der Waals surface area contributed by atoms with Crippen LogP contribution in [0.1, 0.15) is 0 Å². The lowest BCUT2D eigenvalue weighted by molar-refractivity contribution is 0.545. The summed E-state index contributed by atoms with van der Waals surface area (Å²) in [7, 11) is 93.5. The molecule has 0 N–H and O–H groups in total. The molecule has 0 fully saturated rings. The van der Waals surface area contributed by atoms with E-state index in [-0.39, 0.29) is 0 Å². The van der Waals surface area contributed by atoms with Gasteiger partial charge in [0, 0.05) is 196 Å². The Morgan fingerprint density at radius 2 is 0.820 bits per heavy atom. The van der Waals surface area contributed by atoms with Crippen LogP contribution >= 0.6 is 0 Å². The predicted molar refractivity (Wildman–Crippen MR) is 269 cm³/mol. The molecule has 0 aliphatic rings. The molecule has 0 aliphatic heterocycles. The van der Waals surface area contributed by atoms with Gasteiger partial charge in [0.15, 0.2) is 33.3 Å². The number of rotatable bonds is 26. The summed E-state index contributed by atoms with van der Waals surface area (Å²) in [6, 6.07) is 0. The van der Waals surface area contributed by atoms with E-state index in [1.165, 1.54) is 21.2 Å². The Bertz CT molecular complexity index is 969. The molecule has 36 heteroatoms. The van der Waals surface area contributed by atoms with Crippen LogP contribution in [0.15, 0.2) is 0 Å². The minimum Gasteiger partial charge on any atom is -0.457 e. The third-order valence-corrected chi connectivity index (χ3v) is 25.1. The van der Waals surface area contributed by atoms with Gasteiger partial charge in [-0.05, 0) is 52.4 Å². The smallest absolute Gasteiger partial charge is 0.165 e. The Morgan fingerprint density at radius 1 is 0.480 bits per heavy atom. The summed E-state index contributed by atoms with van der Waals surface area (Å²) in [5.41, 5.74) is -0.869. The van der Waals surface area contributed by atoms with Gasteiger partial charge in [-0.3, -0.25) is 0 Å². The van der Waals surface area contributed by atoms with Gasteiger partial charge in [0.25, 0.3) is 0 Å². The molecule has 50 heavy (non-hydrogen) atoms. The van der Waals surface area contributed by atoms with Crippen LogP contribution in [0.5, 0.6) is 0 Å². The van der Waals surface area contributed by atoms with Crippen molar-refractivity contribution in [2.24, 2.45) is 0 Å². The molecule has 206 valence electrons. The Balaban J connectivity index is 6.05. The van der Waals surface area contributed by atoms with Crippen molar-refractivity contribution >= 4 is 250 Å². The second kappa shape index (κ2) is 22.6. The highest BCUT2D eigenvalue weighted by atomic mass is 28.4. The van der Waals surface area contributed by atoms with Crippen molar-refractivity contribution in [1.29, 1.82) is 0 Å². The third-order valence-electron chi connectivity index (χ3n) is 9.73. The lowest BCUT2D eigenvalue weighted by Gasteiger charge is -2.58.